The number of hydrogen-bond acceptors (Lipinski definition) is 3. The van der Waals surface area contributed by atoms with Crippen LogP contribution in [0.5, 0.6) is 5.75 Å². The fraction of sp³-hybridized carbons (Fsp3) is 0.562. The third-order valence-electron chi connectivity index (χ3n) is 3.60. The van der Waals surface area contributed by atoms with E-state index in [1.54, 1.807) is 0 Å². The molecular weight excluding hydrogens is 254 g/mol. The normalized spacial score (nSPS) is 22.0. The summed E-state index contributed by atoms with van der Waals surface area (Å²) in [6.45, 7) is 4.39. The SMILES string of the molecule is CC(C)Oc1ccccc1CNC(=O)C1CCCC1O. The average Bonchev–Trinajstić information content (AvgIpc) is 2.83. The lowest BCUT2D eigenvalue weighted by Gasteiger charge is -2.17. The number of carbonyl (C=O) groups is 1. The summed E-state index contributed by atoms with van der Waals surface area (Å²) in [4.78, 5) is 12.1. The molecule has 0 aliphatic heterocycles. The number of aliphatic hydroxyl groups excluding tert-OH is 1. The molecule has 1 aliphatic carbocycles. The van der Waals surface area contributed by atoms with Gasteiger partial charge in [-0.1, -0.05) is 18.2 Å². The molecule has 2 unspecified atom stereocenters. The highest BCUT2D eigenvalue weighted by Gasteiger charge is 2.31. The largest absolute Gasteiger partial charge is 0.491 e. The lowest BCUT2D eigenvalue weighted by molar-refractivity contribution is -0.127. The highest BCUT2D eigenvalue weighted by molar-refractivity contribution is 5.79. The fourth-order valence-electron chi connectivity index (χ4n) is 2.58. The summed E-state index contributed by atoms with van der Waals surface area (Å²) in [6.07, 6.45) is 2.04. The molecule has 0 bridgehead atoms. The van der Waals surface area contributed by atoms with E-state index in [1.165, 1.54) is 0 Å². The molecule has 0 radical (unpaired) electrons. The summed E-state index contributed by atoms with van der Waals surface area (Å²) in [7, 11) is 0. The minimum atomic E-state index is -0.489. The summed E-state index contributed by atoms with van der Waals surface area (Å²) in [5.41, 5.74) is 0.960. The van der Waals surface area contributed by atoms with Gasteiger partial charge in [0.2, 0.25) is 5.91 Å². The zero-order chi connectivity index (χ0) is 14.5. The van der Waals surface area contributed by atoms with E-state index in [0.717, 1.165) is 30.6 Å². The zero-order valence-electron chi connectivity index (χ0n) is 12.1. The first-order chi connectivity index (χ1) is 9.58. The minimum absolute atomic E-state index is 0.0608. The van der Waals surface area contributed by atoms with E-state index >= 15 is 0 Å². The number of rotatable bonds is 5. The highest BCUT2D eigenvalue weighted by atomic mass is 16.5. The molecule has 2 rings (SSSR count). The van der Waals surface area contributed by atoms with Crippen LogP contribution in [0.25, 0.3) is 0 Å². The molecule has 0 spiro atoms. The maximum Gasteiger partial charge on any atom is 0.225 e. The van der Waals surface area contributed by atoms with Gasteiger partial charge in [0.1, 0.15) is 5.75 Å². The number of nitrogens with one attached hydrogen (secondary N) is 1. The first-order valence-electron chi connectivity index (χ1n) is 7.28. The summed E-state index contributed by atoms with van der Waals surface area (Å²) in [5, 5.41) is 12.7. The van der Waals surface area contributed by atoms with E-state index in [1.807, 2.05) is 38.1 Å². The Morgan fingerprint density at radius 2 is 2.15 bits per heavy atom. The van der Waals surface area contributed by atoms with Crippen molar-refractivity contribution in [2.24, 2.45) is 5.92 Å². The monoisotopic (exact) mass is 277 g/mol. The summed E-state index contributed by atoms with van der Waals surface area (Å²) < 4.78 is 5.72. The molecule has 4 heteroatoms. The van der Waals surface area contributed by atoms with Gasteiger partial charge in [-0.25, -0.2) is 0 Å². The number of benzene rings is 1. The Balaban J connectivity index is 1.95. The van der Waals surface area contributed by atoms with Crippen LogP contribution < -0.4 is 10.1 Å². The van der Waals surface area contributed by atoms with Gasteiger partial charge in [-0.05, 0) is 39.2 Å². The van der Waals surface area contributed by atoms with Gasteiger partial charge in [0.15, 0.2) is 0 Å². The molecule has 2 N–H and O–H groups in total. The maximum atomic E-state index is 12.1. The van der Waals surface area contributed by atoms with Crippen LogP contribution in [0.1, 0.15) is 38.7 Å². The first-order valence-corrected chi connectivity index (χ1v) is 7.28. The Hall–Kier alpha value is -1.55. The molecule has 0 aromatic heterocycles. The molecule has 1 amide bonds. The van der Waals surface area contributed by atoms with Gasteiger partial charge in [-0.2, -0.15) is 0 Å². The van der Waals surface area contributed by atoms with Crippen LogP contribution in [-0.2, 0) is 11.3 Å². The van der Waals surface area contributed by atoms with Crippen LogP contribution in [0.2, 0.25) is 0 Å². The molecule has 0 heterocycles. The van der Waals surface area contributed by atoms with Crippen LogP contribution in [0.15, 0.2) is 24.3 Å². The van der Waals surface area contributed by atoms with E-state index < -0.39 is 6.10 Å². The average molecular weight is 277 g/mol. The van der Waals surface area contributed by atoms with Gasteiger partial charge in [0.05, 0.1) is 18.1 Å². The molecule has 1 aromatic rings. The molecule has 1 aliphatic rings. The Bertz CT molecular complexity index is 459. The molecule has 1 aromatic carbocycles. The van der Waals surface area contributed by atoms with Crippen molar-refractivity contribution in [2.75, 3.05) is 0 Å². The predicted octanol–water partition coefficient (Wildman–Crippen LogP) is 2.25. The highest BCUT2D eigenvalue weighted by Crippen LogP contribution is 2.26. The number of amides is 1. The van der Waals surface area contributed by atoms with Crippen LogP contribution in [0.3, 0.4) is 0 Å². The number of aliphatic hydroxyl groups is 1. The topological polar surface area (TPSA) is 58.6 Å². The van der Waals surface area contributed by atoms with Gasteiger partial charge in [0, 0.05) is 12.1 Å². The number of ether oxygens (including phenoxy) is 1. The second-order valence-corrected chi connectivity index (χ2v) is 5.60. The van der Waals surface area contributed by atoms with Gasteiger partial charge in [0.25, 0.3) is 0 Å². The lowest BCUT2D eigenvalue weighted by Crippen LogP contribution is -2.34. The molecular formula is C16H23NO3. The van der Waals surface area contributed by atoms with E-state index in [0.29, 0.717) is 6.54 Å². The number of para-hydroxylation sites is 1. The van der Waals surface area contributed by atoms with E-state index in [2.05, 4.69) is 5.32 Å². The second-order valence-electron chi connectivity index (χ2n) is 5.60. The summed E-state index contributed by atoms with van der Waals surface area (Å²) in [5.74, 6) is 0.484. The molecule has 1 saturated carbocycles. The van der Waals surface area contributed by atoms with Gasteiger partial charge in [-0.15, -0.1) is 0 Å². The maximum absolute atomic E-state index is 12.1. The molecule has 4 nitrogen and oxygen atoms in total. The van der Waals surface area contributed by atoms with Gasteiger partial charge < -0.3 is 15.2 Å². The third kappa shape index (κ3) is 3.73. The lowest BCUT2D eigenvalue weighted by atomic mass is 10.1. The number of carbonyl (C=O) groups excluding carboxylic acids is 1. The Kier molecular flexibility index (Phi) is 5.01. The van der Waals surface area contributed by atoms with Crippen molar-refractivity contribution in [2.45, 2.75) is 51.9 Å². The Morgan fingerprint density at radius 3 is 2.80 bits per heavy atom. The minimum Gasteiger partial charge on any atom is -0.491 e. The fourth-order valence-corrected chi connectivity index (χ4v) is 2.58. The third-order valence-corrected chi connectivity index (χ3v) is 3.60. The predicted molar refractivity (Wildman–Crippen MR) is 77.4 cm³/mol. The van der Waals surface area contributed by atoms with Crippen molar-refractivity contribution in [3.8, 4) is 5.75 Å². The van der Waals surface area contributed by atoms with Crippen molar-refractivity contribution < 1.29 is 14.6 Å². The zero-order valence-corrected chi connectivity index (χ0v) is 12.1. The summed E-state index contributed by atoms with van der Waals surface area (Å²) in [6, 6.07) is 7.71. The Morgan fingerprint density at radius 1 is 1.40 bits per heavy atom. The van der Waals surface area contributed by atoms with Crippen molar-refractivity contribution in [3.63, 3.8) is 0 Å². The van der Waals surface area contributed by atoms with Crippen LogP contribution in [0, 0.1) is 5.92 Å². The van der Waals surface area contributed by atoms with Crippen molar-refractivity contribution in [1.29, 1.82) is 0 Å². The smallest absolute Gasteiger partial charge is 0.225 e. The quantitative estimate of drug-likeness (QED) is 0.868. The standard InChI is InChI=1S/C16H23NO3/c1-11(2)20-15-9-4-3-6-12(15)10-17-16(19)13-7-5-8-14(13)18/h3-4,6,9,11,13-14,18H,5,7-8,10H2,1-2H3,(H,17,19). The van der Waals surface area contributed by atoms with Crippen LogP contribution in [-0.4, -0.2) is 23.2 Å². The van der Waals surface area contributed by atoms with E-state index in [4.69, 9.17) is 4.74 Å². The van der Waals surface area contributed by atoms with E-state index in [9.17, 15) is 9.90 Å². The Labute approximate surface area is 120 Å². The molecule has 2 atom stereocenters. The summed E-state index contributed by atoms with van der Waals surface area (Å²) >= 11 is 0. The van der Waals surface area contributed by atoms with Crippen molar-refractivity contribution in [1.82, 2.24) is 5.32 Å². The van der Waals surface area contributed by atoms with Crippen molar-refractivity contribution in [3.05, 3.63) is 29.8 Å². The van der Waals surface area contributed by atoms with Gasteiger partial charge >= 0.3 is 0 Å². The molecule has 0 saturated heterocycles. The van der Waals surface area contributed by atoms with Crippen molar-refractivity contribution >= 4 is 5.91 Å². The molecule has 20 heavy (non-hydrogen) atoms. The number of hydrogen-bond donors (Lipinski definition) is 2. The van der Waals surface area contributed by atoms with E-state index in [-0.39, 0.29) is 17.9 Å². The second kappa shape index (κ2) is 6.75. The van der Waals surface area contributed by atoms with Crippen LogP contribution >= 0.6 is 0 Å². The molecule has 110 valence electrons. The molecule has 1 fully saturated rings. The van der Waals surface area contributed by atoms with Crippen LogP contribution in [0.4, 0.5) is 0 Å². The first kappa shape index (κ1) is 14.9. The van der Waals surface area contributed by atoms with Gasteiger partial charge in [-0.3, -0.25) is 4.79 Å².